The Bertz CT molecular complexity index is 507. The maximum Gasteiger partial charge on any atom is 0.251 e. The number of hydrogen-bond acceptors (Lipinski definition) is 3. The molecule has 1 aromatic carbocycles. The number of halogens is 1. The highest BCUT2D eigenvalue weighted by atomic mass is 79.9. The fourth-order valence-electron chi connectivity index (χ4n) is 1.37. The van der Waals surface area contributed by atoms with Crippen LogP contribution < -0.4 is 5.32 Å². The van der Waals surface area contributed by atoms with E-state index >= 15 is 0 Å². The van der Waals surface area contributed by atoms with Crippen molar-refractivity contribution in [3.63, 3.8) is 0 Å². The summed E-state index contributed by atoms with van der Waals surface area (Å²) in [4.78, 5) is 12.1. The van der Waals surface area contributed by atoms with Crippen molar-refractivity contribution in [2.75, 3.05) is 11.6 Å². The maximum atomic E-state index is 11.9. The standard InChI is InChI=1S/C12H16BrNO3S/c1-3-10(8-13)14-12(15)9-4-6-11(7-5-9)18(2,16)17/h4-7,10H,3,8H2,1-2H3,(H,14,15). The highest BCUT2D eigenvalue weighted by molar-refractivity contribution is 9.09. The van der Waals surface area contributed by atoms with Crippen molar-refractivity contribution in [3.05, 3.63) is 29.8 Å². The first kappa shape index (κ1) is 15.2. The topological polar surface area (TPSA) is 63.2 Å². The van der Waals surface area contributed by atoms with Crippen molar-refractivity contribution < 1.29 is 13.2 Å². The van der Waals surface area contributed by atoms with Gasteiger partial charge in [-0.3, -0.25) is 4.79 Å². The normalized spacial score (nSPS) is 13.1. The molecular formula is C12H16BrNO3S. The van der Waals surface area contributed by atoms with Gasteiger partial charge in [0, 0.05) is 23.2 Å². The summed E-state index contributed by atoms with van der Waals surface area (Å²) in [7, 11) is -3.22. The van der Waals surface area contributed by atoms with Crippen LogP contribution in [0.1, 0.15) is 23.7 Å². The molecule has 6 heteroatoms. The third kappa shape index (κ3) is 4.10. The first-order valence-corrected chi connectivity index (χ1v) is 8.56. The van der Waals surface area contributed by atoms with E-state index in [1.165, 1.54) is 24.3 Å². The smallest absolute Gasteiger partial charge is 0.251 e. The van der Waals surface area contributed by atoms with Gasteiger partial charge in [0.15, 0.2) is 9.84 Å². The molecule has 1 rings (SSSR count). The molecule has 0 aliphatic heterocycles. The average Bonchev–Trinajstić information content (AvgIpc) is 2.34. The molecule has 18 heavy (non-hydrogen) atoms. The second-order valence-electron chi connectivity index (χ2n) is 4.03. The highest BCUT2D eigenvalue weighted by Crippen LogP contribution is 2.10. The summed E-state index contributed by atoms with van der Waals surface area (Å²) < 4.78 is 22.6. The predicted octanol–water partition coefficient (Wildman–Crippen LogP) is 1.99. The minimum atomic E-state index is -3.22. The van der Waals surface area contributed by atoms with Crippen LogP contribution >= 0.6 is 15.9 Å². The Morgan fingerprint density at radius 1 is 1.33 bits per heavy atom. The van der Waals surface area contributed by atoms with Gasteiger partial charge in [0.05, 0.1) is 4.90 Å². The molecule has 0 saturated carbocycles. The molecule has 1 N–H and O–H groups in total. The Labute approximate surface area is 116 Å². The first-order valence-electron chi connectivity index (χ1n) is 5.55. The molecule has 0 aliphatic carbocycles. The summed E-state index contributed by atoms with van der Waals surface area (Å²) in [6.45, 7) is 1.99. The zero-order valence-electron chi connectivity index (χ0n) is 10.3. The number of rotatable bonds is 5. The zero-order chi connectivity index (χ0) is 13.8. The van der Waals surface area contributed by atoms with Crippen LogP contribution in [0.2, 0.25) is 0 Å². The maximum absolute atomic E-state index is 11.9. The van der Waals surface area contributed by atoms with Crippen molar-refractivity contribution in [1.29, 1.82) is 0 Å². The zero-order valence-corrected chi connectivity index (χ0v) is 12.7. The molecule has 0 spiro atoms. The van der Waals surface area contributed by atoms with Crippen molar-refractivity contribution >= 4 is 31.7 Å². The van der Waals surface area contributed by atoms with Crippen LogP contribution in [0.3, 0.4) is 0 Å². The van der Waals surface area contributed by atoms with Crippen LogP contribution in [0.25, 0.3) is 0 Å². The Hall–Kier alpha value is -0.880. The van der Waals surface area contributed by atoms with Gasteiger partial charge in [-0.25, -0.2) is 8.42 Å². The van der Waals surface area contributed by atoms with E-state index in [0.29, 0.717) is 10.9 Å². The van der Waals surface area contributed by atoms with Crippen LogP contribution in [-0.4, -0.2) is 32.0 Å². The quantitative estimate of drug-likeness (QED) is 0.838. The van der Waals surface area contributed by atoms with Crippen LogP contribution in [0.4, 0.5) is 0 Å². The summed E-state index contributed by atoms with van der Waals surface area (Å²) in [6, 6.07) is 6.00. The lowest BCUT2D eigenvalue weighted by atomic mass is 10.2. The van der Waals surface area contributed by atoms with Gasteiger partial charge in [-0.05, 0) is 30.7 Å². The van der Waals surface area contributed by atoms with Gasteiger partial charge in [-0.1, -0.05) is 22.9 Å². The second kappa shape index (κ2) is 6.33. The molecule has 4 nitrogen and oxygen atoms in total. The fourth-order valence-corrected chi connectivity index (χ4v) is 2.62. The molecule has 0 heterocycles. The van der Waals surface area contributed by atoms with E-state index in [0.717, 1.165) is 12.7 Å². The van der Waals surface area contributed by atoms with Crippen molar-refractivity contribution in [3.8, 4) is 0 Å². The van der Waals surface area contributed by atoms with Crippen LogP contribution in [0.15, 0.2) is 29.2 Å². The molecule has 0 aromatic heterocycles. The summed E-state index contributed by atoms with van der Waals surface area (Å²) in [6.07, 6.45) is 1.97. The Kier molecular flexibility index (Phi) is 5.34. The molecule has 1 atom stereocenters. The number of benzene rings is 1. The first-order chi connectivity index (χ1) is 8.38. The molecule has 100 valence electrons. The molecule has 0 aliphatic rings. The lowest BCUT2D eigenvalue weighted by Gasteiger charge is -2.13. The summed E-state index contributed by atoms with van der Waals surface area (Å²) in [5.41, 5.74) is 0.460. The number of alkyl halides is 1. The van der Waals surface area contributed by atoms with Gasteiger partial charge >= 0.3 is 0 Å². The predicted molar refractivity (Wildman–Crippen MR) is 74.9 cm³/mol. The number of carbonyl (C=O) groups excluding carboxylic acids is 1. The second-order valence-corrected chi connectivity index (χ2v) is 6.69. The van der Waals surface area contributed by atoms with E-state index in [9.17, 15) is 13.2 Å². The van der Waals surface area contributed by atoms with Crippen LogP contribution in [0.5, 0.6) is 0 Å². The highest BCUT2D eigenvalue weighted by Gasteiger charge is 2.12. The third-order valence-electron chi connectivity index (χ3n) is 2.56. The van der Waals surface area contributed by atoms with Crippen molar-refractivity contribution in [1.82, 2.24) is 5.32 Å². The number of amides is 1. The van der Waals surface area contributed by atoms with Crippen LogP contribution in [-0.2, 0) is 9.84 Å². The number of nitrogens with one attached hydrogen (secondary N) is 1. The molecule has 0 radical (unpaired) electrons. The van der Waals surface area contributed by atoms with Gasteiger partial charge in [-0.15, -0.1) is 0 Å². The van der Waals surface area contributed by atoms with Gasteiger partial charge < -0.3 is 5.32 Å². The monoisotopic (exact) mass is 333 g/mol. The minimum Gasteiger partial charge on any atom is -0.348 e. The molecule has 0 fully saturated rings. The minimum absolute atomic E-state index is 0.0760. The molecular weight excluding hydrogens is 318 g/mol. The van der Waals surface area contributed by atoms with Crippen molar-refractivity contribution in [2.24, 2.45) is 0 Å². The lowest BCUT2D eigenvalue weighted by molar-refractivity contribution is 0.0940. The van der Waals surface area contributed by atoms with Gasteiger partial charge in [0.1, 0.15) is 0 Å². The summed E-state index contributed by atoms with van der Waals surface area (Å²) in [5, 5.41) is 3.55. The van der Waals surface area contributed by atoms with E-state index in [2.05, 4.69) is 21.2 Å². The van der Waals surface area contributed by atoms with Crippen molar-refractivity contribution in [2.45, 2.75) is 24.3 Å². The van der Waals surface area contributed by atoms with Gasteiger partial charge in [-0.2, -0.15) is 0 Å². The Balaban J connectivity index is 2.83. The van der Waals surface area contributed by atoms with E-state index in [4.69, 9.17) is 0 Å². The molecule has 1 aromatic rings. The number of carbonyl (C=O) groups is 1. The fraction of sp³-hybridized carbons (Fsp3) is 0.417. The molecule has 0 saturated heterocycles. The molecule has 1 unspecified atom stereocenters. The third-order valence-corrected chi connectivity index (χ3v) is 4.47. The van der Waals surface area contributed by atoms with Gasteiger partial charge in [0.25, 0.3) is 5.91 Å². The van der Waals surface area contributed by atoms with E-state index in [1.54, 1.807) is 0 Å². The Morgan fingerprint density at radius 3 is 2.28 bits per heavy atom. The summed E-state index contributed by atoms with van der Waals surface area (Å²) in [5.74, 6) is -0.193. The number of hydrogen-bond donors (Lipinski definition) is 1. The largest absolute Gasteiger partial charge is 0.348 e. The molecule has 0 bridgehead atoms. The van der Waals surface area contributed by atoms with E-state index < -0.39 is 9.84 Å². The Morgan fingerprint density at radius 2 is 1.89 bits per heavy atom. The van der Waals surface area contributed by atoms with Gasteiger partial charge in [0.2, 0.25) is 0 Å². The SMILES string of the molecule is CCC(CBr)NC(=O)c1ccc(S(C)(=O)=O)cc1. The van der Waals surface area contributed by atoms with Crippen LogP contribution in [0, 0.1) is 0 Å². The van der Waals surface area contributed by atoms with E-state index in [1.807, 2.05) is 6.92 Å². The van der Waals surface area contributed by atoms with E-state index in [-0.39, 0.29) is 16.8 Å². The number of sulfone groups is 1. The summed E-state index contributed by atoms with van der Waals surface area (Å²) >= 11 is 3.32. The molecule has 1 amide bonds. The lowest BCUT2D eigenvalue weighted by Crippen LogP contribution is -2.35. The average molecular weight is 334 g/mol.